The van der Waals surface area contributed by atoms with Crippen molar-refractivity contribution in [3.63, 3.8) is 0 Å². The zero-order chi connectivity index (χ0) is 26.4. The van der Waals surface area contributed by atoms with Gasteiger partial charge in [-0.3, -0.25) is 4.98 Å². The first kappa shape index (κ1) is 25.0. The largest absolute Gasteiger partial charge is 0.489 e. The Bertz CT molecular complexity index is 1510. The van der Waals surface area contributed by atoms with Crippen LogP contribution in [0, 0.1) is 0 Å². The van der Waals surface area contributed by atoms with Gasteiger partial charge >= 0.3 is 0 Å². The maximum atomic E-state index is 6.72. The number of amidine groups is 1. The van der Waals surface area contributed by atoms with Crippen molar-refractivity contribution in [1.82, 2.24) is 10.1 Å². The predicted octanol–water partition coefficient (Wildman–Crippen LogP) is 7.00. The molecule has 2 aromatic carbocycles. The lowest BCUT2D eigenvalue weighted by Crippen LogP contribution is -2.17. The molecule has 6 rings (SSSR count). The van der Waals surface area contributed by atoms with Gasteiger partial charge in [-0.1, -0.05) is 58.2 Å². The number of hydrazone groups is 1. The fraction of sp³-hybridized carbons (Fsp3) is 0.250. The average molecular weight is 569 g/mol. The molecule has 10 heteroatoms. The summed E-state index contributed by atoms with van der Waals surface area (Å²) in [5.41, 5.74) is 10.6. The van der Waals surface area contributed by atoms with Crippen LogP contribution in [0.2, 0.25) is 15.1 Å². The highest BCUT2D eigenvalue weighted by Crippen LogP contribution is 2.56. The lowest BCUT2D eigenvalue weighted by atomic mass is 10.0. The number of aromatic nitrogens is 2. The highest BCUT2D eigenvalue weighted by molar-refractivity contribution is 6.39. The van der Waals surface area contributed by atoms with Crippen LogP contribution in [0.1, 0.15) is 65.2 Å². The first-order valence-electron chi connectivity index (χ1n) is 12.3. The van der Waals surface area contributed by atoms with Crippen LogP contribution in [0.5, 0.6) is 5.75 Å². The molecule has 2 aromatic heterocycles. The second-order valence-corrected chi connectivity index (χ2v) is 10.9. The van der Waals surface area contributed by atoms with E-state index in [9.17, 15) is 0 Å². The van der Waals surface area contributed by atoms with Gasteiger partial charge in [0.2, 0.25) is 0 Å². The Balaban J connectivity index is 1.18. The van der Waals surface area contributed by atoms with Crippen molar-refractivity contribution in [1.29, 1.82) is 0 Å². The molecule has 2 aliphatic rings. The van der Waals surface area contributed by atoms with Gasteiger partial charge in [-0.25, -0.2) is 0 Å². The fourth-order valence-electron chi connectivity index (χ4n) is 4.85. The monoisotopic (exact) mass is 567 g/mol. The first-order chi connectivity index (χ1) is 18.4. The van der Waals surface area contributed by atoms with Crippen LogP contribution >= 0.6 is 34.8 Å². The number of nitrogens with zero attached hydrogens (tertiary/aromatic N) is 3. The minimum atomic E-state index is 0.208. The molecule has 7 nitrogen and oxygen atoms in total. The van der Waals surface area contributed by atoms with E-state index >= 15 is 0 Å². The van der Waals surface area contributed by atoms with Gasteiger partial charge in [0, 0.05) is 22.7 Å². The van der Waals surface area contributed by atoms with Gasteiger partial charge in [-0.05, 0) is 72.6 Å². The smallest absolute Gasteiger partial charge is 0.168 e. The molecular weight excluding hydrogens is 545 g/mol. The van der Waals surface area contributed by atoms with Crippen molar-refractivity contribution in [2.45, 2.75) is 43.6 Å². The van der Waals surface area contributed by atoms with Crippen LogP contribution in [-0.4, -0.2) is 16.0 Å². The zero-order valence-corrected chi connectivity index (χ0v) is 22.5. The summed E-state index contributed by atoms with van der Waals surface area (Å²) in [5.74, 6) is 7.95. The molecule has 2 heterocycles. The Morgan fingerprint density at radius 2 is 1.82 bits per heavy atom. The minimum absolute atomic E-state index is 0.208. The number of hydrogen-bond acceptors (Lipinski definition) is 6. The zero-order valence-electron chi connectivity index (χ0n) is 20.2. The normalized spacial score (nSPS) is 19.0. The van der Waals surface area contributed by atoms with E-state index in [2.05, 4.69) is 15.2 Å². The summed E-state index contributed by atoms with van der Waals surface area (Å²) >= 11 is 19.7. The molecule has 4 N–H and O–H groups in total. The third kappa shape index (κ3) is 4.82. The van der Waals surface area contributed by atoms with Crippen LogP contribution in [0.25, 0.3) is 11.3 Å². The Morgan fingerprint density at radius 3 is 2.47 bits per heavy atom. The highest BCUT2D eigenvalue weighted by atomic mass is 35.5. The maximum Gasteiger partial charge on any atom is 0.168 e. The van der Waals surface area contributed by atoms with Crippen molar-refractivity contribution in [2.24, 2.45) is 16.7 Å². The van der Waals surface area contributed by atoms with E-state index in [0.717, 1.165) is 41.7 Å². The Hall–Kier alpha value is -3.26. The fourth-order valence-corrected chi connectivity index (χ4v) is 5.74. The molecule has 0 amide bonds. The third-order valence-electron chi connectivity index (χ3n) is 7.13. The van der Waals surface area contributed by atoms with Crippen LogP contribution in [0.4, 0.5) is 0 Å². The van der Waals surface area contributed by atoms with Gasteiger partial charge in [-0.2, -0.15) is 5.10 Å². The van der Waals surface area contributed by atoms with Gasteiger partial charge in [0.1, 0.15) is 29.5 Å². The number of ether oxygens (including phenoxy) is 1. The predicted molar refractivity (Wildman–Crippen MR) is 149 cm³/mol. The summed E-state index contributed by atoms with van der Waals surface area (Å²) in [5, 5.41) is 9.51. The van der Waals surface area contributed by atoms with E-state index in [-0.39, 0.29) is 12.4 Å². The maximum absolute atomic E-state index is 6.72. The third-order valence-corrected chi connectivity index (χ3v) is 8.08. The summed E-state index contributed by atoms with van der Waals surface area (Å²) in [4.78, 5) is 4.37. The Morgan fingerprint density at radius 1 is 1.03 bits per heavy atom. The van der Waals surface area contributed by atoms with Crippen molar-refractivity contribution < 1.29 is 9.26 Å². The molecule has 2 atom stereocenters. The van der Waals surface area contributed by atoms with Crippen LogP contribution in [-0.2, 0) is 6.61 Å². The number of pyridine rings is 1. The molecule has 0 radical (unpaired) electrons. The summed E-state index contributed by atoms with van der Waals surface area (Å²) in [6.45, 7) is 0.265. The van der Waals surface area contributed by atoms with Gasteiger partial charge in [0.15, 0.2) is 5.84 Å². The molecule has 2 fully saturated rings. The van der Waals surface area contributed by atoms with E-state index in [1.165, 1.54) is 0 Å². The second kappa shape index (κ2) is 10.1. The summed E-state index contributed by atoms with van der Waals surface area (Å²) in [6, 6.07) is 15.1. The Kier molecular flexibility index (Phi) is 6.68. The van der Waals surface area contributed by atoms with E-state index in [1.54, 1.807) is 18.2 Å². The molecule has 0 aliphatic heterocycles. The molecule has 0 bridgehead atoms. The number of rotatable bonds is 8. The van der Waals surface area contributed by atoms with Crippen molar-refractivity contribution in [3.05, 3.63) is 97.9 Å². The molecule has 2 aliphatic carbocycles. The number of hydrogen-bond donors (Lipinski definition) is 2. The SMILES string of the molecule is N/N=C(\N)c1ccc(C2CC2c2ccc(OCc3c(-c4c(Cl)cccc4Cl)noc3C3CC3)cc2Cl)cn1. The van der Waals surface area contributed by atoms with E-state index in [0.29, 0.717) is 55.5 Å². The average Bonchev–Trinajstić information content (AvgIpc) is 3.85. The molecule has 0 saturated heterocycles. The Labute approximate surface area is 234 Å². The molecule has 2 unspecified atom stereocenters. The minimum Gasteiger partial charge on any atom is -0.489 e. The summed E-state index contributed by atoms with van der Waals surface area (Å²) in [7, 11) is 0. The van der Waals surface area contributed by atoms with Crippen molar-refractivity contribution >= 4 is 40.6 Å². The van der Waals surface area contributed by atoms with E-state index in [4.69, 9.17) is 55.6 Å². The van der Waals surface area contributed by atoms with Gasteiger partial charge in [0.05, 0.1) is 15.6 Å². The number of benzene rings is 2. The van der Waals surface area contributed by atoms with Gasteiger partial charge in [-0.15, -0.1) is 0 Å². The van der Waals surface area contributed by atoms with Gasteiger partial charge < -0.3 is 20.8 Å². The molecule has 2 saturated carbocycles. The van der Waals surface area contributed by atoms with Crippen molar-refractivity contribution in [2.75, 3.05) is 0 Å². The second-order valence-electron chi connectivity index (χ2n) is 9.66. The standard InChI is InChI=1S/C28H24Cl3N5O2/c29-21-2-1-3-22(30)25(21)26-20(27(38-36-26)14-4-5-14)13-37-16-7-8-17(23(31)10-16)19-11-18(19)15-6-9-24(34-12-15)28(32)35-33/h1-3,6-10,12,14,18-19H,4-5,11,13,33H2,(H2,32,35). The van der Waals surface area contributed by atoms with Crippen LogP contribution < -0.4 is 16.3 Å². The summed E-state index contributed by atoms with van der Waals surface area (Å²) < 4.78 is 11.9. The molecule has 194 valence electrons. The van der Waals surface area contributed by atoms with Gasteiger partial charge in [0.25, 0.3) is 0 Å². The van der Waals surface area contributed by atoms with E-state index in [1.807, 2.05) is 36.5 Å². The molecular formula is C28H24Cl3N5O2. The highest BCUT2D eigenvalue weighted by Gasteiger charge is 2.41. The lowest BCUT2D eigenvalue weighted by molar-refractivity contribution is 0.300. The molecule has 38 heavy (non-hydrogen) atoms. The number of nitrogens with two attached hydrogens (primary N) is 2. The van der Waals surface area contributed by atoms with Crippen LogP contribution in [0.15, 0.2) is 64.4 Å². The quantitative estimate of drug-likeness (QED) is 0.102. The molecule has 0 spiro atoms. The number of halogens is 3. The lowest BCUT2D eigenvalue weighted by Gasteiger charge is -2.11. The summed E-state index contributed by atoms with van der Waals surface area (Å²) in [6.07, 6.45) is 4.94. The van der Waals surface area contributed by atoms with E-state index < -0.39 is 0 Å². The first-order valence-corrected chi connectivity index (χ1v) is 13.4. The topological polar surface area (TPSA) is 113 Å². The van der Waals surface area contributed by atoms with Crippen LogP contribution in [0.3, 0.4) is 0 Å². The molecule has 4 aromatic rings. The van der Waals surface area contributed by atoms with Crippen molar-refractivity contribution in [3.8, 4) is 17.0 Å².